The van der Waals surface area contributed by atoms with Crippen LogP contribution in [0.5, 0.6) is 11.5 Å². The Balaban J connectivity index is 1.77. The normalized spacial score (nSPS) is 15.0. The molecule has 0 unspecified atom stereocenters. The highest BCUT2D eigenvalue weighted by Crippen LogP contribution is 2.35. The number of nitrogens with zero attached hydrogens (tertiary/aromatic N) is 1. The highest BCUT2D eigenvalue weighted by atomic mass is 35.5. The number of halogens is 1. The maximum atomic E-state index is 12.4. The van der Waals surface area contributed by atoms with Crippen LogP contribution < -0.4 is 14.2 Å². The van der Waals surface area contributed by atoms with Gasteiger partial charge in [0.2, 0.25) is 16.8 Å². The zero-order chi connectivity index (χ0) is 17.3. The first-order valence-corrected chi connectivity index (χ1v) is 9.85. The smallest absolute Gasteiger partial charge is 0.250 e. The maximum Gasteiger partial charge on any atom is 0.250 e. The average Bonchev–Trinajstić information content (AvgIpc) is 3.15. The molecular formula is C15H17ClN2O4S2. The van der Waals surface area contributed by atoms with E-state index in [1.54, 1.807) is 6.07 Å². The monoisotopic (exact) mass is 388 g/mol. The largest absolute Gasteiger partial charge is 0.454 e. The summed E-state index contributed by atoms with van der Waals surface area (Å²) in [5, 5.41) is 0. The van der Waals surface area contributed by atoms with E-state index in [0.29, 0.717) is 15.8 Å². The summed E-state index contributed by atoms with van der Waals surface area (Å²) in [6.07, 6.45) is 0. The summed E-state index contributed by atoms with van der Waals surface area (Å²) in [6, 6.07) is 8.55. The van der Waals surface area contributed by atoms with Gasteiger partial charge in [-0.1, -0.05) is 17.7 Å². The summed E-state index contributed by atoms with van der Waals surface area (Å²) in [6.45, 7) is 0.432. The summed E-state index contributed by atoms with van der Waals surface area (Å²) in [5.74, 6) is 1.37. The van der Waals surface area contributed by atoms with Gasteiger partial charge in [0.1, 0.15) is 4.21 Å². The van der Waals surface area contributed by atoms with Crippen LogP contribution in [0.4, 0.5) is 0 Å². The molecule has 0 radical (unpaired) electrons. The van der Waals surface area contributed by atoms with Gasteiger partial charge in [-0.05, 0) is 43.9 Å². The molecule has 0 saturated heterocycles. The van der Waals surface area contributed by atoms with Gasteiger partial charge in [-0.15, -0.1) is 11.3 Å². The van der Waals surface area contributed by atoms with Crippen molar-refractivity contribution in [2.75, 3.05) is 27.4 Å². The number of rotatable bonds is 6. The van der Waals surface area contributed by atoms with Gasteiger partial charge in [-0.2, -0.15) is 0 Å². The van der Waals surface area contributed by atoms with E-state index in [9.17, 15) is 8.42 Å². The second-order valence-corrected chi connectivity index (χ2v) is 9.21. The Morgan fingerprint density at radius 1 is 1.25 bits per heavy atom. The van der Waals surface area contributed by atoms with E-state index in [1.165, 1.54) is 6.07 Å². The van der Waals surface area contributed by atoms with Gasteiger partial charge in [0.15, 0.2) is 11.5 Å². The highest BCUT2D eigenvalue weighted by Gasteiger charge is 2.23. The van der Waals surface area contributed by atoms with Crippen LogP contribution in [0.1, 0.15) is 11.6 Å². The lowest BCUT2D eigenvalue weighted by Gasteiger charge is -2.25. The molecule has 9 heteroatoms. The lowest BCUT2D eigenvalue weighted by atomic mass is 10.1. The SMILES string of the molecule is CN(C)[C@@H](CNS(=O)(=O)c1ccc(Cl)s1)c1ccc2c(c1)OCO2. The van der Waals surface area contributed by atoms with Crippen LogP contribution in [0.3, 0.4) is 0 Å². The Kier molecular flexibility index (Phi) is 5.03. The molecule has 2 heterocycles. The number of thiophene rings is 1. The molecule has 1 N–H and O–H groups in total. The summed E-state index contributed by atoms with van der Waals surface area (Å²) >= 11 is 6.85. The van der Waals surface area contributed by atoms with E-state index < -0.39 is 10.0 Å². The van der Waals surface area contributed by atoms with Gasteiger partial charge in [-0.3, -0.25) is 0 Å². The van der Waals surface area contributed by atoms with Crippen molar-refractivity contribution in [3.63, 3.8) is 0 Å². The predicted molar refractivity (Wildman–Crippen MR) is 93.5 cm³/mol. The molecule has 6 nitrogen and oxygen atoms in total. The number of ether oxygens (including phenoxy) is 2. The van der Waals surface area contributed by atoms with Crippen molar-refractivity contribution in [3.8, 4) is 11.5 Å². The molecule has 0 bridgehead atoms. The molecule has 130 valence electrons. The number of benzene rings is 1. The quantitative estimate of drug-likeness (QED) is 0.824. The minimum Gasteiger partial charge on any atom is -0.454 e. The molecule has 0 saturated carbocycles. The number of sulfonamides is 1. The van der Waals surface area contributed by atoms with E-state index in [4.69, 9.17) is 21.1 Å². The summed E-state index contributed by atoms with van der Waals surface area (Å²) in [7, 11) is 0.203. The standard InChI is InChI=1S/C15H17ClN2O4S2/c1-18(2)11(10-3-4-12-13(7-10)22-9-21-12)8-17-24(19,20)15-6-5-14(16)23-15/h3-7,11,17H,8-9H2,1-2H3/t11-/m0/s1. The van der Waals surface area contributed by atoms with E-state index in [0.717, 1.165) is 16.9 Å². The topological polar surface area (TPSA) is 67.9 Å². The van der Waals surface area contributed by atoms with Gasteiger partial charge < -0.3 is 14.4 Å². The molecule has 1 aromatic heterocycles. The average molecular weight is 389 g/mol. The minimum absolute atomic E-state index is 0.148. The van der Waals surface area contributed by atoms with Crippen molar-refractivity contribution >= 4 is 33.0 Å². The van der Waals surface area contributed by atoms with Crippen LogP contribution >= 0.6 is 22.9 Å². The Morgan fingerprint density at radius 2 is 2.00 bits per heavy atom. The third-order valence-electron chi connectivity index (χ3n) is 3.68. The lowest BCUT2D eigenvalue weighted by Crippen LogP contribution is -2.34. The fourth-order valence-corrected chi connectivity index (χ4v) is 4.99. The Bertz CT molecular complexity index is 836. The first kappa shape index (κ1) is 17.5. The highest BCUT2D eigenvalue weighted by molar-refractivity contribution is 7.91. The maximum absolute atomic E-state index is 12.4. The molecule has 0 amide bonds. The van der Waals surface area contributed by atoms with Crippen LogP contribution in [-0.4, -0.2) is 40.8 Å². The molecule has 1 aliphatic rings. The molecule has 1 aromatic carbocycles. The summed E-state index contributed by atoms with van der Waals surface area (Å²) in [4.78, 5) is 1.95. The van der Waals surface area contributed by atoms with Crippen LogP contribution in [-0.2, 0) is 10.0 Å². The van der Waals surface area contributed by atoms with Gasteiger partial charge in [0.05, 0.1) is 4.34 Å². The van der Waals surface area contributed by atoms with Crippen LogP contribution in [0.15, 0.2) is 34.5 Å². The third-order valence-corrected chi connectivity index (χ3v) is 6.83. The van der Waals surface area contributed by atoms with Crippen LogP contribution in [0.25, 0.3) is 0 Å². The van der Waals surface area contributed by atoms with Crippen LogP contribution in [0, 0.1) is 0 Å². The molecule has 0 aliphatic carbocycles. The van der Waals surface area contributed by atoms with Gasteiger partial charge >= 0.3 is 0 Å². The first-order valence-electron chi connectivity index (χ1n) is 7.18. The van der Waals surface area contributed by atoms with Crippen molar-refractivity contribution < 1.29 is 17.9 Å². The Labute approximate surface area is 150 Å². The predicted octanol–water partition coefficient (Wildman–Crippen LogP) is 2.71. The number of hydrogen-bond acceptors (Lipinski definition) is 6. The van der Waals surface area contributed by atoms with Gasteiger partial charge in [0, 0.05) is 12.6 Å². The van der Waals surface area contributed by atoms with Crippen molar-refractivity contribution in [1.29, 1.82) is 0 Å². The fraction of sp³-hybridized carbons (Fsp3) is 0.333. The summed E-state index contributed by atoms with van der Waals surface area (Å²) < 4.78 is 38.7. The van der Waals surface area contributed by atoms with Crippen LogP contribution in [0.2, 0.25) is 4.34 Å². The second kappa shape index (κ2) is 6.89. The van der Waals surface area contributed by atoms with Crippen molar-refractivity contribution in [3.05, 3.63) is 40.2 Å². The van der Waals surface area contributed by atoms with Crippen molar-refractivity contribution in [1.82, 2.24) is 9.62 Å². The zero-order valence-electron chi connectivity index (χ0n) is 13.2. The van der Waals surface area contributed by atoms with E-state index in [1.807, 2.05) is 37.2 Å². The zero-order valence-corrected chi connectivity index (χ0v) is 15.5. The van der Waals surface area contributed by atoms with Crippen molar-refractivity contribution in [2.45, 2.75) is 10.3 Å². The molecule has 1 aliphatic heterocycles. The second-order valence-electron chi connectivity index (χ2n) is 5.50. The molecule has 24 heavy (non-hydrogen) atoms. The van der Waals surface area contributed by atoms with Crippen molar-refractivity contribution in [2.24, 2.45) is 0 Å². The first-order chi connectivity index (χ1) is 11.4. The van der Waals surface area contributed by atoms with Gasteiger partial charge in [0.25, 0.3) is 0 Å². The molecule has 0 fully saturated rings. The fourth-order valence-electron chi connectivity index (χ4n) is 2.42. The molecular weight excluding hydrogens is 372 g/mol. The molecule has 2 aromatic rings. The lowest BCUT2D eigenvalue weighted by molar-refractivity contribution is 0.174. The number of hydrogen-bond donors (Lipinski definition) is 1. The summed E-state index contributed by atoms with van der Waals surface area (Å²) in [5.41, 5.74) is 0.941. The number of likely N-dealkylation sites (N-methyl/N-ethyl adjacent to an activating group) is 1. The molecule has 0 spiro atoms. The van der Waals surface area contributed by atoms with E-state index in [2.05, 4.69) is 4.72 Å². The number of nitrogens with one attached hydrogen (secondary N) is 1. The number of fused-ring (bicyclic) bond motifs is 1. The minimum atomic E-state index is -3.59. The van der Waals surface area contributed by atoms with E-state index >= 15 is 0 Å². The van der Waals surface area contributed by atoms with Gasteiger partial charge in [-0.25, -0.2) is 13.1 Å². The third kappa shape index (κ3) is 3.68. The Morgan fingerprint density at radius 3 is 2.67 bits per heavy atom. The van der Waals surface area contributed by atoms with E-state index in [-0.39, 0.29) is 23.6 Å². The molecule has 1 atom stereocenters. The Hall–Kier alpha value is -1.32. The molecule has 3 rings (SSSR count).